The van der Waals surface area contributed by atoms with Crippen LogP contribution < -0.4 is 10.1 Å². The third-order valence-electron chi connectivity index (χ3n) is 8.29. The maximum atomic E-state index is 4.81. The molecule has 0 amide bonds. The number of hydroxylamine groups is 1. The first-order valence-electron chi connectivity index (χ1n) is 14.1. The van der Waals surface area contributed by atoms with Gasteiger partial charge in [-0.05, 0) is 52.6 Å². The molecule has 0 bridgehead atoms. The van der Waals surface area contributed by atoms with Crippen molar-refractivity contribution >= 4 is 38.9 Å². The summed E-state index contributed by atoms with van der Waals surface area (Å²) in [6.07, 6.45) is 1.92. The Bertz CT molecular complexity index is 1930. The van der Waals surface area contributed by atoms with Crippen molar-refractivity contribution in [1.82, 2.24) is 9.55 Å². The molecule has 1 N–H and O–H groups in total. The zero-order chi connectivity index (χ0) is 28.3. The molecule has 1 aliphatic rings. The number of pyridine rings is 1. The third kappa shape index (κ3) is 4.52. The molecular weight excluding hydrogens is 700 g/mol. The van der Waals surface area contributed by atoms with Gasteiger partial charge in [-0.2, -0.15) is 46.4 Å². The summed E-state index contributed by atoms with van der Waals surface area (Å²) in [5.74, 6) is 1.33. The van der Waals surface area contributed by atoms with Gasteiger partial charge in [0.05, 0.1) is 7.05 Å². The summed E-state index contributed by atoms with van der Waals surface area (Å²) in [5.41, 5.74) is 8.29. The minimum atomic E-state index is -0.357. The molecule has 0 atom stereocenters. The molecule has 7 rings (SSSR count). The van der Waals surface area contributed by atoms with Crippen LogP contribution in [0.15, 0.2) is 97.2 Å². The molecular formula is C36H33N4OPt-. The number of hydrogen-bond donors (Lipinski definition) is 0. The van der Waals surface area contributed by atoms with E-state index in [9.17, 15) is 0 Å². The van der Waals surface area contributed by atoms with Crippen LogP contribution in [-0.2, 0) is 26.5 Å². The van der Waals surface area contributed by atoms with Crippen molar-refractivity contribution in [1.29, 1.82) is 0 Å². The van der Waals surface area contributed by atoms with Gasteiger partial charge in [0.25, 0.3) is 0 Å². The van der Waals surface area contributed by atoms with E-state index >= 15 is 0 Å². The maximum Gasteiger partial charge on any atom is 0.145 e. The summed E-state index contributed by atoms with van der Waals surface area (Å²) in [5, 5.41) is 6.24. The summed E-state index contributed by atoms with van der Waals surface area (Å²) < 4.78 is 2.26. The van der Waals surface area contributed by atoms with Crippen molar-refractivity contribution in [2.75, 3.05) is 17.2 Å². The minimum absolute atomic E-state index is 0. The molecule has 4 aromatic carbocycles. The van der Waals surface area contributed by atoms with Crippen LogP contribution in [0.1, 0.15) is 50.3 Å². The van der Waals surface area contributed by atoms with Crippen LogP contribution in [0.5, 0.6) is 0 Å². The number of aromatic nitrogens is 2. The fourth-order valence-corrected chi connectivity index (χ4v) is 5.83. The average Bonchev–Trinajstić information content (AvgIpc) is 3.52. The van der Waals surface area contributed by atoms with Crippen molar-refractivity contribution in [2.24, 2.45) is 0 Å². The van der Waals surface area contributed by atoms with E-state index in [-0.39, 0.29) is 26.5 Å². The first-order valence-corrected chi connectivity index (χ1v) is 14.1. The molecule has 0 saturated carbocycles. The van der Waals surface area contributed by atoms with Gasteiger partial charge in [-0.15, -0.1) is 27.6 Å². The molecule has 0 spiro atoms. The van der Waals surface area contributed by atoms with Crippen LogP contribution in [-0.4, -0.2) is 21.5 Å². The van der Waals surface area contributed by atoms with Crippen molar-refractivity contribution in [3.63, 3.8) is 0 Å². The van der Waals surface area contributed by atoms with E-state index in [1.54, 1.807) is 0 Å². The van der Waals surface area contributed by atoms with E-state index < -0.39 is 0 Å². The first kappa shape index (κ1) is 28.2. The summed E-state index contributed by atoms with van der Waals surface area (Å²) in [7, 11) is 1.97. The van der Waals surface area contributed by atoms with Gasteiger partial charge < -0.3 is 4.57 Å². The van der Waals surface area contributed by atoms with Gasteiger partial charge in [-0.3, -0.25) is 0 Å². The van der Waals surface area contributed by atoms with Crippen LogP contribution in [0.2, 0.25) is 0 Å². The van der Waals surface area contributed by atoms with E-state index in [1.165, 1.54) is 16.3 Å². The number of rotatable bonds is 5. The Morgan fingerprint density at radius 3 is 2.33 bits per heavy atom. The second-order valence-corrected chi connectivity index (χ2v) is 11.6. The van der Waals surface area contributed by atoms with E-state index in [1.807, 2.05) is 35.5 Å². The van der Waals surface area contributed by atoms with Crippen molar-refractivity contribution in [3.8, 4) is 5.82 Å². The summed E-state index contributed by atoms with van der Waals surface area (Å²) in [6.45, 7) is 8.92. The number of fused-ring (bicyclic) bond motifs is 4. The number of anilines is 3. The summed E-state index contributed by atoms with van der Waals surface area (Å²) in [6, 6.07) is 39.4. The molecule has 0 unspecified atom stereocenters. The zero-order valence-corrected chi connectivity index (χ0v) is 26.6. The van der Waals surface area contributed by atoms with Gasteiger partial charge in [-0.1, -0.05) is 63.5 Å². The molecule has 6 heteroatoms. The Hall–Kier alpha value is -3.92. The summed E-state index contributed by atoms with van der Waals surface area (Å²) >= 11 is 0. The zero-order valence-electron chi connectivity index (χ0n) is 24.4. The van der Waals surface area contributed by atoms with Gasteiger partial charge in [0.2, 0.25) is 0 Å². The van der Waals surface area contributed by atoms with Crippen molar-refractivity contribution in [2.45, 2.75) is 39.0 Å². The van der Waals surface area contributed by atoms with Crippen LogP contribution in [0.4, 0.5) is 17.1 Å². The quantitative estimate of drug-likeness (QED) is 0.132. The van der Waals surface area contributed by atoms with Gasteiger partial charge in [0.15, 0.2) is 0 Å². The van der Waals surface area contributed by atoms with E-state index in [0.717, 1.165) is 45.0 Å². The van der Waals surface area contributed by atoms with Crippen LogP contribution >= 0.6 is 0 Å². The topological polar surface area (TPSA) is 37.1 Å². The van der Waals surface area contributed by atoms with Gasteiger partial charge >= 0.3 is 0 Å². The molecule has 6 aromatic rings. The number of hydrogen-bond acceptors (Lipinski definition) is 3. The van der Waals surface area contributed by atoms with E-state index in [4.69, 9.17) is 9.92 Å². The minimum Gasteiger partial charge on any atom is -0.319 e. The van der Waals surface area contributed by atoms with Gasteiger partial charge in [-0.25, -0.2) is 4.98 Å². The van der Waals surface area contributed by atoms with Crippen LogP contribution in [0.25, 0.3) is 27.6 Å². The average molecular weight is 733 g/mol. The van der Waals surface area contributed by atoms with Crippen molar-refractivity contribution in [3.05, 3.63) is 126 Å². The van der Waals surface area contributed by atoms with Gasteiger partial charge in [0.1, 0.15) is 17.2 Å². The Morgan fingerprint density at radius 2 is 1.52 bits per heavy atom. The van der Waals surface area contributed by atoms with E-state index in [0.29, 0.717) is 5.92 Å². The molecule has 2 aromatic heterocycles. The Morgan fingerprint density at radius 1 is 0.786 bits per heavy atom. The fraction of sp³-hybridized carbons (Fsp3) is 0.194. The molecule has 0 aliphatic carbocycles. The standard InChI is InChI=1S/C36H32N4O.Pt/c1-24(2)25-19-20-37-35(21-25)39-31-14-7-6-13-29(31)30-18-17-27(23-34(30)39)36(3,4)26-11-10-12-28(22-26)40-33-16-9-8-15-32(33)38(5)41-40;/h6-21,24H,1-5H3;/q-2;/p+1. The smallest absolute Gasteiger partial charge is 0.145 e. The predicted octanol–water partition coefficient (Wildman–Crippen LogP) is 8.65. The molecule has 42 heavy (non-hydrogen) atoms. The van der Waals surface area contributed by atoms with Gasteiger partial charge in [0, 0.05) is 38.5 Å². The second kappa shape index (κ2) is 10.7. The largest absolute Gasteiger partial charge is 0.319 e. The van der Waals surface area contributed by atoms with Crippen LogP contribution in [0.3, 0.4) is 0 Å². The van der Waals surface area contributed by atoms with E-state index in [2.05, 4.69) is 123 Å². The number of para-hydroxylation sites is 3. The van der Waals surface area contributed by atoms with Crippen LogP contribution in [0, 0.1) is 12.1 Å². The molecule has 1 aliphatic heterocycles. The third-order valence-corrected chi connectivity index (χ3v) is 8.29. The molecule has 3 heterocycles. The number of benzene rings is 4. The Balaban J connectivity index is 0.00000316. The summed E-state index contributed by atoms with van der Waals surface area (Å²) in [4.78, 5) is 9.58. The molecule has 0 fully saturated rings. The first-order chi connectivity index (χ1) is 19.8. The fourth-order valence-electron chi connectivity index (χ4n) is 5.83. The molecule has 0 saturated heterocycles. The Kier molecular flexibility index (Phi) is 7.20. The molecule has 0 radical (unpaired) electrons. The SMILES string of the molecule is CC(C)c1ccnc(-n2c3[c-]c(C(C)(C)c4[c-]c(N5[OH+]N(C)c6ccccc65)ccc4)ccc3c3ccccc32)c1.[Pt]. The Labute approximate surface area is 261 Å². The molecule has 214 valence electrons. The molecule has 5 nitrogen and oxygen atoms in total. The maximum absolute atomic E-state index is 4.81. The predicted molar refractivity (Wildman–Crippen MR) is 168 cm³/mol. The number of nitrogens with zero attached hydrogens (tertiary/aromatic N) is 4. The van der Waals surface area contributed by atoms with Crippen molar-refractivity contribution < 1.29 is 26.0 Å². The normalized spacial score (nSPS) is 13.2. The second-order valence-electron chi connectivity index (χ2n) is 11.6. The monoisotopic (exact) mass is 732 g/mol.